The summed E-state index contributed by atoms with van der Waals surface area (Å²) in [5.41, 5.74) is 2.57. The van der Waals surface area contributed by atoms with Gasteiger partial charge in [-0.15, -0.1) is 0 Å². The Balaban J connectivity index is 2.66. The lowest BCUT2D eigenvalue weighted by atomic mass is 10.1. The number of nitrogens with one attached hydrogen (secondary N) is 1. The van der Waals surface area contributed by atoms with Gasteiger partial charge in [0, 0.05) is 12.2 Å². The third-order valence-corrected chi connectivity index (χ3v) is 1.98. The van der Waals surface area contributed by atoms with Crippen LogP contribution in [0.15, 0.2) is 24.3 Å². The Bertz CT molecular complexity index is 243. The summed E-state index contributed by atoms with van der Waals surface area (Å²) in [5.74, 6) is 0. The molecule has 0 aliphatic carbocycles. The van der Waals surface area contributed by atoms with E-state index in [4.69, 9.17) is 0 Å². The van der Waals surface area contributed by atoms with Crippen LogP contribution in [-0.2, 0) is 0 Å². The van der Waals surface area contributed by atoms with Crippen molar-refractivity contribution in [1.29, 1.82) is 0 Å². The Morgan fingerprint density at radius 3 is 2.69 bits per heavy atom. The number of para-hydroxylation sites is 1. The lowest BCUT2D eigenvalue weighted by Crippen LogP contribution is -1.99. The van der Waals surface area contributed by atoms with Crippen molar-refractivity contribution in [3.8, 4) is 0 Å². The quantitative estimate of drug-likeness (QED) is 0.724. The fraction of sp³-hybridized carbons (Fsp3) is 0.417. The summed E-state index contributed by atoms with van der Waals surface area (Å²) in [5, 5.41) is 3.35. The lowest BCUT2D eigenvalue weighted by molar-refractivity contribution is 0.913. The number of unbranched alkanes of at least 4 members (excludes halogenated alkanes) is 1. The summed E-state index contributed by atoms with van der Waals surface area (Å²) < 4.78 is 0. The molecule has 0 saturated heterocycles. The molecule has 0 aliphatic heterocycles. The minimum atomic E-state index is 0.983. The minimum Gasteiger partial charge on any atom is -0.385 e. The fourth-order valence-electron chi connectivity index (χ4n) is 1.33. The molecule has 0 spiro atoms. The molecule has 0 saturated carbocycles. The van der Waals surface area contributed by atoms with Gasteiger partial charge >= 0.3 is 0 Å². The molecule has 13 heavy (non-hydrogen) atoms. The standard InChI is InChI=1S/C12H18N/c1-3-5-8-11-9-6-7-10-12(11)13-4-2/h6-10,13H,3-5H2,1-2H3. The summed E-state index contributed by atoms with van der Waals surface area (Å²) in [6, 6.07) is 8.45. The van der Waals surface area contributed by atoms with E-state index in [-0.39, 0.29) is 0 Å². The molecule has 0 fully saturated rings. The van der Waals surface area contributed by atoms with Crippen molar-refractivity contribution in [2.75, 3.05) is 11.9 Å². The van der Waals surface area contributed by atoms with Gasteiger partial charge in [-0.1, -0.05) is 31.5 Å². The molecule has 1 heteroatoms. The normalized spacial score (nSPS) is 10.0. The zero-order valence-corrected chi connectivity index (χ0v) is 8.51. The van der Waals surface area contributed by atoms with Crippen molar-refractivity contribution in [3.05, 3.63) is 36.2 Å². The van der Waals surface area contributed by atoms with E-state index in [9.17, 15) is 0 Å². The molecule has 0 heterocycles. The molecule has 1 N–H and O–H groups in total. The number of anilines is 1. The first kappa shape index (κ1) is 10.1. The van der Waals surface area contributed by atoms with Crippen LogP contribution in [0.1, 0.15) is 32.3 Å². The van der Waals surface area contributed by atoms with Crippen molar-refractivity contribution < 1.29 is 0 Å². The van der Waals surface area contributed by atoms with E-state index in [2.05, 4.69) is 49.9 Å². The van der Waals surface area contributed by atoms with E-state index in [1.54, 1.807) is 0 Å². The molecular formula is C12H18N. The van der Waals surface area contributed by atoms with E-state index >= 15 is 0 Å². The van der Waals surface area contributed by atoms with Gasteiger partial charge in [-0.05, 0) is 31.4 Å². The predicted molar refractivity (Wildman–Crippen MR) is 58.9 cm³/mol. The first-order valence-electron chi connectivity index (χ1n) is 5.04. The van der Waals surface area contributed by atoms with Crippen LogP contribution in [-0.4, -0.2) is 6.54 Å². The van der Waals surface area contributed by atoms with E-state index in [1.165, 1.54) is 17.7 Å². The molecule has 1 aromatic carbocycles. The summed E-state index contributed by atoms with van der Waals surface area (Å²) in [7, 11) is 0. The van der Waals surface area contributed by atoms with Gasteiger partial charge in [-0.2, -0.15) is 0 Å². The number of hydrogen-bond acceptors (Lipinski definition) is 1. The second-order valence-corrected chi connectivity index (χ2v) is 3.11. The average molecular weight is 176 g/mol. The van der Waals surface area contributed by atoms with Crippen LogP contribution in [0.25, 0.3) is 0 Å². The highest BCUT2D eigenvalue weighted by Gasteiger charge is 1.98. The van der Waals surface area contributed by atoms with E-state index in [1.807, 2.05) is 0 Å². The highest BCUT2D eigenvalue weighted by Crippen LogP contribution is 2.18. The third-order valence-electron chi connectivity index (χ3n) is 1.98. The SMILES string of the molecule is CCC[CH]c1ccccc1NCC. The Hall–Kier alpha value is -0.980. The van der Waals surface area contributed by atoms with Gasteiger partial charge in [0.2, 0.25) is 0 Å². The van der Waals surface area contributed by atoms with Crippen LogP contribution in [0, 0.1) is 6.42 Å². The van der Waals surface area contributed by atoms with Crippen LogP contribution in [0.5, 0.6) is 0 Å². The Labute approximate surface area is 81.2 Å². The Morgan fingerprint density at radius 1 is 1.23 bits per heavy atom. The van der Waals surface area contributed by atoms with Crippen molar-refractivity contribution in [3.63, 3.8) is 0 Å². The van der Waals surface area contributed by atoms with Crippen molar-refractivity contribution in [2.45, 2.75) is 26.7 Å². The molecular weight excluding hydrogens is 158 g/mol. The zero-order chi connectivity index (χ0) is 9.52. The molecule has 0 aromatic heterocycles. The highest BCUT2D eigenvalue weighted by atomic mass is 14.9. The van der Waals surface area contributed by atoms with Crippen molar-refractivity contribution >= 4 is 5.69 Å². The molecule has 0 aliphatic rings. The van der Waals surface area contributed by atoms with Gasteiger partial charge in [0.1, 0.15) is 0 Å². The molecule has 1 radical (unpaired) electrons. The molecule has 0 bridgehead atoms. The van der Waals surface area contributed by atoms with Gasteiger partial charge in [0.25, 0.3) is 0 Å². The molecule has 1 aromatic rings. The predicted octanol–water partition coefficient (Wildman–Crippen LogP) is 3.47. The van der Waals surface area contributed by atoms with Gasteiger partial charge in [-0.25, -0.2) is 0 Å². The van der Waals surface area contributed by atoms with Crippen LogP contribution < -0.4 is 5.32 Å². The summed E-state index contributed by atoms with van der Waals surface area (Å²) in [6.45, 7) is 5.31. The Morgan fingerprint density at radius 2 is 2.00 bits per heavy atom. The minimum absolute atomic E-state index is 0.983. The Kier molecular flexibility index (Phi) is 4.37. The molecule has 1 rings (SSSR count). The molecule has 0 amide bonds. The van der Waals surface area contributed by atoms with Crippen LogP contribution >= 0.6 is 0 Å². The maximum absolute atomic E-state index is 3.35. The lowest BCUT2D eigenvalue weighted by Gasteiger charge is -2.09. The van der Waals surface area contributed by atoms with Crippen molar-refractivity contribution in [1.82, 2.24) is 0 Å². The molecule has 0 atom stereocenters. The van der Waals surface area contributed by atoms with E-state index in [0.29, 0.717) is 0 Å². The fourth-order valence-corrected chi connectivity index (χ4v) is 1.33. The molecule has 0 unspecified atom stereocenters. The largest absolute Gasteiger partial charge is 0.385 e. The van der Waals surface area contributed by atoms with E-state index < -0.39 is 0 Å². The topological polar surface area (TPSA) is 12.0 Å². The van der Waals surface area contributed by atoms with Crippen LogP contribution in [0.3, 0.4) is 0 Å². The number of benzene rings is 1. The first-order chi connectivity index (χ1) is 6.38. The number of rotatable bonds is 5. The molecule has 1 nitrogen and oxygen atoms in total. The maximum atomic E-state index is 3.35. The first-order valence-corrected chi connectivity index (χ1v) is 5.04. The second kappa shape index (κ2) is 5.63. The van der Waals surface area contributed by atoms with Crippen LogP contribution in [0.2, 0.25) is 0 Å². The van der Waals surface area contributed by atoms with Gasteiger partial charge in [0.05, 0.1) is 0 Å². The van der Waals surface area contributed by atoms with Gasteiger partial charge in [0.15, 0.2) is 0 Å². The third kappa shape index (κ3) is 3.10. The summed E-state index contributed by atoms with van der Waals surface area (Å²) in [6.07, 6.45) is 4.65. The highest BCUT2D eigenvalue weighted by molar-refractivity contribution is 5.54. The van der Waals surface area contributed by atoms with Crippen LogP contribution in [0.4, 0.5) is 5.69 Å². The smallest absolute Gasteiger partial charge is 0.0375 e. The average Bonchev–Trinajstić information content (AvgIpc) is 2.17. The van der Waals surface area contributed by atoms with Crippen molar-refractivity contribution in [2.24, 2.45) is 0 Å². The van der Waals surface area contributed by atoms with Gasteiger partial charge < -0.3 is 5.32 Å². The summed E-state index contributed by atoms with van der Waals surface area (Å²) >= 11 is 0. The second-order valence-electron chi connectivity index (χ2n) is 3.11. The zero-order valence-electron chi connectivity index (χ0n) is 8.51. The van der Waals surface area contributed by atoms with Gasteiger partial charge in [-0.3, -0.25) is 0 Å². The monoisotopic (exact) mass is 176 g/mol. The summed E-state index contributed by atoms with van der Waals surface area (Å²) in [4.78, 5) is 0. The van der Waals surface area contributed by atoms with E-state index in [0.717, 1.165) is 13.0 Å². The number of hydrogen-bond donors (Lipinski definition) is 1. The maximum Gasteiger partial charge on any atom is 0.0375 e. The molecule has 71 valence electrons.